The molecule has 0 unspecified atom stereocenters. The van der Waals surface area contributed by atoms with E-state index in [0.29, 0.717) is 10.7 Å². The third kappa shape index (κ3) is 3.00. The van der Waals surface area contributed by atoms with Crippen molar-refractivity contribution >= 4 is 17.5 Å². The number of para-hydroxylation sites is 1. The summed E-state index contributed by atoms with van der Waals surface area (Å²) in [6, 6.07) is 17.1. The minimum Gasteiger partial charge on any atom is -0.295 e. The largest absolute Gasteiger partial charge is 0.295 e. The quantitative estimate of drug-likeness (QED) is 0.693. The molecule has 1 heterocycles. The number of nitrogens with zero attached hydrogens (tertiary/aromatic N) is 4. The summed E-state index contributed by atoms with van der Waals surface area (Å²) in [7, 11) is 0. The third-order valence-corrected chi connectivity index (χ3v) is 3.86. The SMILES string of the molecule is CC(=O)c1ccc(Sc2nnnn2-c2ccccc2)cc1. The summed E-state index contributed by atoms with van der Waals surface area (Å²) in [5, 5.41) is 12.5. The standard InChI is InChI=1S/C15H12N4OS/c1-11(20)12-7-9-14(10-8-12)21-15-16-17-18-19(15)13-5-3-2-4-6-13/h2-10H,1H3. The van der Waals surface area contributed by atoms with E-state index in [1.165, 1.54) is 11.8 Å². The zero-order valence-electron chi connectivity index (χ0n) is 11.3. The van der Waals surface area contributed by atoms with Gasteiger partial charge in [-0.25, -0.2) is 0 Å². The van der Waals surface area contributed by atoms with Crippen LogP contribution in [0, 0.1) is 0 Å². The molecule has 3 aromatic rings. The van der Waals surface area contributed by atoms with Gasteiger partial charge in [0.05, 0.1) is 5.69 Å². The number of hydrogen-bond donors (Lipinski definition) is 0. The smallest absolute Gasteiger partial charge is 0.218 e. The normalized spacial score (nSPS) is 10.5. The van der Waals surface area contributed by atoms with Crippen LogP contribution >= 0.6 is 11.8 Å². The first-order chi connectivity index (χ1) is 10.2. The third-order valence-electron chi connectivity index (χ3n) is 2.91. The van der Waals surface area contributed by atoms with Crippen LogP contribution in [0.15, 0.2) is 64.6 Å². The molecule has 0 bridgehead atoms. The number of Topliss-reactive ketones (excluding diaryl/α,β-unsaturated/α-hetero) is 1. The molecule has 0 aliphatic carbocycles. The summed E-state index contributed by atoms with van der Waals surface area (Å²) < 4.78 is 1.68. The monoisotopic (exact) mass is 296 g/mol. The van der Waals surface area contributed by atoms with Crippen LogP contribution in [0.2, 0.25) is 0 Å². The van der Waals surface area contributed by atoms with E-state index < -0.39 is 0 Å². The summed E-state index contributed by atoms with van der Waals surface area (Å²) in [5.41, 5.74) is 1.60. The minimum absolute atomic E-state index is 0.0562. The van der Waals surface area contributed by atoms with Gasteiger partial charge in [0.1, 0.15) is 0 Å². The number of hydrogen-bond acceptors (Lipinski definition) is 5. The van der Waals surface area contributed by atoms with Crippen LogP contribution in [0.3, 0.4) is 0 Å². The van der Waals surface area contributed by atoms with Gasteiger partial charge in [-0.3, -0.25) is 4.79 Å². The Labute approximate surface area is 126 Å². The topological polar surface area (TPSA) is 60.7 Å². The minimum atomic E-state index is 0.0562. The first kappa shape index (κ1) is 13.5. The number of aromatic nitrogens is 4. The molecule has 6 heteroatoms. The lowest BCUT2D eigenvalue weighted by Crippen LogP contribution is -1.98. The summed E-state index contributed by atoms with van der Waals surface area (Å²) >= 11 is 1.45. The highest BCUT2D eigenvalue weighted by molar-refractivity contribution is 7.99. The molecule has 0 radical (unpaired) electrons. The highest BCUT2D eigenvalue weighted by Crippen LogP contribution is 2.27. The maximum Gasteiger partial charge on any atom is 0.218 e. The number of tetrazole rings is 1. The van der Waals surface area contributed by atoms with E-state index >= 15 is 0 Å². The highest BCUT2D eigenvalue weighted by Gasteiger charge is 2.10. The van der Waals surface area contributed by atoms with Gasteiger partial charge in [-0.15, -0.1) is 5.10 Å². The number of carbonyl (C=O) groups excluding carboxylic acids is 1. The van der Waals surface area contributed by atoms with Crippen molar-refractivity contribution < 1.29 is 4.79 Å². The predicted molar refractivity (Wildman–Crippen MR) is 79.7 cm³/mol. The van der Waals surface area contributed by atoms with Gasteiger partial charge in [0.25, 0.3) is 0 Å². The Morgan fingerprint density at radius 1 is 1.05 bits per heavy atom. The van der Waals surface area contributed by atoms with Crippen molar-refractivity contribution in [3.05, 3.63) is 60.2 Å². The molecule has 5 nitrogen and oxygen atoms in total. The van der Waals surface area contributed by atoms with Gasteiger partial charge < -0.3 is 0 Å². The molecule has 0 saturated carbocycles. The van der Waals surface area contributed by atoms with Gasteiger partial charge in [0.2, 0.25) is 5.16 Å². The van der Waals surface area contributed by atoms with E-state index in [-0.39, 0.29) is 5.78 Å². The van der Waals surface area contributed by atoms with Gasteiger partial charge in [0, 0.05) is 10.5 Å². The van der Waals surface area contributed by atoms with Crippen molar-refractivity contribution in [3.8, 4) is 5.69 Å². The first-order valence-corrected chi connectivity index (χ1v) is 7.18. The van der Waals surface area contributed by atoms with Crippen LogP contribution in [0.1, 0.15) is 17.3 Å². The fraction of sp³-hybridized carbons (Fsp3) is 0.0667. The Morgan fingerprint density at radius 3 is 2.43 bits per heavy atom. The van der Waals surface area contributed by atoms with E-state index in [9.17, 15) is 4.79 Å². The van der Waals surface area contributed by atoms with Gasteiger partial charge in [-0.2, -0.15) is 4.68 Å². The molecule has 0 spiro atoms. The zero-order valence-corrected chi connectivity index (χ0v) is 12.1. The van der Waals surface area contributed by atoms with Crippen LogP contribution < -0.4 is 0 Å². The molecule has 0 amide bonds. The molecular weight excluding hydrogens is 284 g/mol. The lowest BCUT2D eigenvalue weighted by Gasteiger charge is -2.04. The molecule has 104 valence electrons. The number of benzene rings is 2. The Hall–Kier alpha value is -2.47. The van der Waals surface area contributed by atoms with E-state index in [2.05, 4.69) is 15.5 Å². The van der Waals surface area contributed by atoms with Crippen molar-refractivity contribution in [2.45, 2.75) is 17.0 Å². The van der Waals surface area contributed by atoms with Crippen molar-refractivity contribution in [3.63, 3.8) is 0 Å². The van der Waals surface area contributed by atoms with E-state index in [1.807, 2.05) is 42.5 Å². The second-order valence-corrected chi connectivity index (χ2v) is 5.43. The van der Waals surface area contributed by atoms with E-state index in [4.69, 9.17) is 0 Å². The van der Waals surface area contributed by atoms with E-state index in [0.717, 1.165) is 10.6 Å². The maximum absolute atomic E-state index is 11.3. The van der Waals surface area contributed by atoms with Crippen molar-refractivity contribution in [2.24, 2.45) is 0 Å². The Balaban J connectivity index is 1.86. The van der Waals surface area contributed by atoms with Gasteiger partial charge in [-0.05, 0) is 53.4 Å². The molecule has 0 aliphatic heterocycles. The van der Waals surface area contributed by atoms with Crippen LogP contribution in [-0.2, 0) is 0 Å². The Bertz CT molecular complexity index is 753. The van der Waals surface area contributed by atoms with Crippen molar-refractivity contribution in [1.29, 1.82) is 0 Å². The molecule has 0 atom stereocenters. The summed E-state index contributed by atoms with van der Waals surface area (Å²) in [5.74, 6) is 0.0562. The fourth-order valence-corrected chi connectivity index (χ4v) is 2.63. The lowest BCUT2D eigenvalue weighted by molar-refractivity contribution is 0.101. The molecule has 0 aliphatic rings. The predicted octanol–water partition coefficient (Wildman–Crippen LogP) is 3.02. The van der Waals surface area contributed by atoms with Crippen LogP contribution in [0.25, 0.3) is 5.69 Å². The van der Waals surface area contributed by atoms with Crippen LogP contribution in [0.4, 0.5) is 0 Å². The molecule has 1 aromatic heterocycles. The number of ketones is 1. The average molecular weight is 296 g/mol. The molecule has 3 rings (SSSR count). The summed E-state index contributed by atoms with van der Waals surface area (Å²) in [6.45, 7) is 1.55. The zero-order chi connectivity index (χ0) is 14.7. The summed E-state index contributed by atoms with van der Waals surface area (Å²) in [4.78, 5) is 12.2. The number of rotatable bonds is 4. The maximum atomic E-state index is 11.3. The molecule has 0 saturated heterocycles. The van der Waals surface area contributed by atoms with Gasteiger partial charge in [0.15, 0.2) is 5.78 Å². The molecular formula is C15H12N4OS. The van der Waals surface area contributed by atoms with E-state index in [1.54, 1.807) is 23.7 Å². The number of carbonyl (C=O) groups is 1. The second-order valence-electron chi connectivity index (χ2n) is 4.39. The summed E-state index contributed by atoms with van der Waals surface area (Å²) in [6.07, 6.45) is 0. The molecule has 0 N–H and O–H groups in total. The molecule has 0 fully saturated rings. The average Bonchev–Trinajstić information content (AvgIpc) is 2.97. The van der Waals surface area contributed by atoms with Crippen LogP contribution in [0.5, 0.6) is 0 Å². The van der Waals surface area contributed by atoms with Gasteiger partial charge >= 0.3 is 0 Å². The Morgan fingerprint density at radius 2 is 1.76 bits per heavy atom. The van der Waals surface area contributed by atoms with Crippen molar-refractivity contribution in [2.75, 3.05) is 0 Å². The van der Waals surface area contributed by atoms with Crippen molar-refractivity contribution in [1.82, 2.24) is 20.2 Å². The lowest BCUT2D eigenvalue weighted by atomic mass is 10.2. The Kier molecular flexibility index (Phi) is 3.79. The molecule has 21 heavy (non-hydrogen) atoms. The fourth-order valence-electron chi connectivity index (χ4n) is 1.84. The first-order valence-electron chi connectivity index (χ1n) is 6.37. The van der Waals surface area contributed by atoms with Gasteiger partial charge in [-0.1, -0.05) is 30.3 Å². The molecule has 2 aromatic carbocycles. The second kappa shape index (κ2) is 5.88. The highest BCUT2D eigenvalue weighted by atomic mass is 32.2. The van der Waals surface area contributed by atoms with Crippen LogP contribution in [-0.4, -0.2) is 26.0 Å².